The van der Waals surface area contributed by atoms with E-state index >= 15 is 0 Å². The van der Waals surface area contributed by atoms with Gasteiger partial charge in [0, 0.05) is 0 Å². The number of rotatable bonds is 2. The molecule has 0 aliphatic carbocycles. The number of pyridine rings is 1. The molecule has 0 bridgehead atoms. The molecule has 2 heterocycles. The molecule has 0 saturated carbocycles. The van der Waals surface area contributed by atoms with Crippen molar-refractivity contribution in [3.63, 3.8) is 0 Å². The van der Waals surface area contributed by atoms with Crippen molar-refractivity contribution in [1.82, 2.24) is 19.7 Å². The molecule has 0 unspecified atom stereocenters. The summed E-state index contributed by atoms with van der Waals surface area (Å²) in [6, 6.07) is 3.35. The maximum Gasteiger partial charge on any atom is 0.339 e. The third kappa shape index (κ3) is 1.77. The molecule has 6 nitrogen and oxygen atoms in total. The first-order valence-electron chi connectivity index (χ1n) is 4.63. The zero-order chi connectivity index (χ0) is 11.5. The van der Waals surface area contributed by atoms with E-state index in [4.69, 9.17) is 0 Å². The molecule has 0 atom stereocenters. The third-order valence-electron chi connectivity index (χ3n) is 2.13. The molecule has 2 aromatic rings. The Hall–Kier alpha value is -2.24. The molecule has 0 aliphatic heterocycles. The summed E-state index contributed by atoms with van der Waals surface area (Å²) in [7, 11) is 1.34. The predicted octanol–water partition coefficient (Wildman–Crippen LogP) is 0.757. The first-order valence-corrected chi connectivity index (χ1v) is 4.63. The maximum absolute atomic E-state index is 11.3. The first-order chi connectivity index (χ1) is 7.72. The van der Waals surface area contributed by atoms with E-state index in [1.54, 1.807) is 25.4 Å². The molecule has 0 fully saturated rings. The van der Waals surface area contributed by atoms with Crippen LogP contribution in [0.4, 0.5) is 0 Å². The molecule has 0 aliphatic rings. The van der Waals surface area contributed by atoms with E-state index in [0.29, 0.717) is 17.1 Å². The van der Waals surface area contributed by atoms with E-state index in [1.165, 1.54) is 18.1 Å². The zero-order valence-corrected chi connectivity index (χ0v) is 8.91. The van der Waals surface area contributed by atoms with E-state index < -0.39 is 5.97 Å². The number of nitrogens with zero attached hydrogens (tertiary/aromatic N) is 4. The van der Waals surface area contributed by atoms with Crippen LogP contribution in [0.5, 0.6) is 0 Å². The van der Waals surface area contributed by atoms with Crippen molar-refractivity contribution in [2.45, 2.75) is 6.92 Å². The summed E-state index contributed by atoms with van der Waals surface area (Å²) in [5.41, 5.74) is 1.05. The number of esters is 1. The second kappa shape index (κ2) is 4.09. The van der Waals surface area contributed by atoms with Gasteiger partial charge in [-0.3, -0.25) is 0 Å². The Balaban J connectivity index is 2.41. The molecule has 82 valence electrons. The number of carbonyl (C=O) groups excluding carboxylic acids is 1. The van der Waals surface area contributed by atoms with Gasteiger partial charge in [-0.25, -0.2) is 19.4 Å². The van der Waals surface area contributed by atoms with Crippen LogP contribution in [-0.4, -0.2) is 32.8 Å². The molecule has 0 aromatic carbocycles. The van der Waals surface area contributed by atoms with Crippen molar-refractivity contribution >= 4 is 5.97 Å². The second-order valence-corrected chi connectivity index (χ2v) is 3.13. The molecular formula is C10H10N4O2. The van der Waals surface area contributed by atoms with Crippen molar-refractivity contribution in [3.05, 3.63) is 36.0 Å². The Morgan fingerprint density at radius 1 is 1.44 bits per heavy atom. The molecule has 2 rings (SSSR count). The van der Waals surface area contributed by atoms with E-state index in [0.717, 1.165) is 0 Å². The second-order valence-electron chi connectivity index (χ2n) is 3.13. The van der Waals surface area contributed by atoms with Gasteiger partial charge in [0.05, 0.1) is 18.4 Å². The standard InChI is InChI=1S/C10H10N4O2/c1-7-8(10(15)16-2)3-4-9(13-7)14-6-11-5-12-14/h3-6H,1-2H3. The number of hydrogen-bond donors (Lipinski definition) is 0. The monoisotopic (exact) mass is 218 g/mol. The van der Waals surface area contributed by atoms with Crippen molar-refractivity contribution in [2.75, 3.05) is 7.11 Å². The summed E-state index contributed by atoms with van der Waals surface area (Å²) in [6.45, 7) is 1.74. The highest BCUT2D eigenvalue weighted by atomic mass is 16.5. The van der Waals surface area contributed by atoms with Gasteiger partial charge < -0.3 is 4.74 Å². The maximum atomic E-state index is 11.3. The molecule has 16 heavy (non-hydrogen) atoms. The summed E-state index contributed by atoms with van der Waals surface area (Å²) in [5.74, 6) is 0.220. The third-order valence-corrected chi connectivity index (χ3v) is 2.13. The Morgan fingerprint density at radius 3 is 2.81 bits per heavy atom. The number of methoxy groups -OCH3 is 1. The largest absolute Gasteiger partial charge is 0.465 e. The van der Waals surface area contributed by atoms with Crippen LogP contribution in [0.2, 0.25) is 0 Å². The van der Waals surface area contributed by atoms with Crippen molar-refractivity contribution in [2.24, 2.45) is 0 Å². The molecule has 0 amide bonds. The van der Waals surface area contributed by atoms with Gasteiger partial charge in [-0.2, -0.15) is 5.10 Å². The highest BCUT2D eigenvalue weighted by Crippen LogP contribution is 2.10. The Bertz CT molecular complexity index is 508. The summed E-state index contributed by atoms with van der Waals surface area (Å²) < 4.78 is 6.16. The van der Waals surface area contributed by atoms with Crippen molar-refractivity contribution in [3.8, 4) is 5.82 Å². The van der Waals surface area contributed by atoms with Gasteiger partial charge in [-0.1, -0.05) is 0 Å². The summed E-state index contributed by atoms with van der Waals surface area (Å²) in [5, 5.41) is 3.95. The Morgan fingerprint density at radius 2 is 2.25 bits per heavy atom. The Kier molecular flexibility index (Phi) is 2.63. The SMILES string of the molecule is COC(=O)c1ccc(-n2cncn2)nc1C. The summed E-state index contributed by atoms with van der Waals surface area (Å²) in [6.07, 6.45) is 2.96. The fraction of sp³-hybridized carbons (Fsp3) is 0.200. The van der Waals surface area contributed by atoms with Crippen LogP contribution >= 0.6 is 0 Å². The van der Waals surface area contributed by atoms with Gasteiger partial charge in [-0.05, 0) is 19.1 Å². The minimum Gasteiger partial charge on any atom is -0.465 e. The predicted molar refractivity (Wildman–Crippen MR) is 55.2 cm³/mol. The number of hydrogen-bond acceptors (Lipinski definition) is 5. The first kappa shape index (κ1) is 10.3. The molecule has 2 aromatic heterocycles. The lowest BCUT2D eigenvalue weighted by Crippen LogP contribution is -2.07. The number of aromatic nitrogens is 4. The summed E-state index contributed by atoms with van der Waals surface area (Å²) in [4.78, 5) is 19.4. The highest BCUT2D eigenvalue weighted by Gasteiger charge is 2.11. The lowest BCUT2D eigenvalue weighted by Gasteiger charge is -2.05. The van der Waals surface area contributed by atoms with Crippen LogP contribution in [0.15, 0.2) is 24.8 Å². The van der Waals surface area contributed by atoms with Crippen molar-refractivity contribution < 1.29 is 9.53 Å². The fourth-order valence-corrected chi connectivity index (χ4v) is 1.33. The summed E-state index contributed by atoms with van der Waals surface area (Å²) >= 11 is 0. The van der Waals surface area contributed by atoms with E-state index in [1.807, 2.05) is 0 Å². The van der Waals surface area contributed by atoms with Gasteiger partial charge in [0.25, 0.3) is 0 Å². The molecule has 0 saturated heterocycles. The van der Waals surface area contributed by atoms with Crippen LogP contribution in [0, 0.1) is 6.92 Å². The van der Waals surface area contributed by atoms with Crippen LogP contribution in [0.25, 0.3) is 5.82 Å². The number of carbonyl (C=O) groups is 1. The zero-order valence-electron chi connectivity index (χ0n) is 8.91. The normalized spacial score (nSPS) is 10.1. The molecule has 0 N–H and O–H groups in total. The van der Waals surface area contributed by atoms with Crippen molar-refractivity contribution in [1.29, 1.82) is 0 Å². The van der Waals surface area contributed by atoms with E-state index in [9.17, 15) is 4.79 Å². The minimum absolute atomic E-state index is 0.393. The van der Waals surface area contributed by atoms with E-state index in [2.05, 4.69) is 19.8 Å². The smallest absolute Gasteiger partial charge is 0.339 e. The molecule has 0 radical (unpaired) electrons. The highest BCUT2D eigenvalue weighted by molar-refractivity contribution is 5.90. The van der Waals surface area contributed by atoms with Crippen LogP contribution in [-0.2, 0) is 4.74 Å². The van der Waals surface area contributed by atoms with Crippen LogP contribution in [0.3, 0.4) is 0 Å². The number of ether oxygens (including phenoxy) is 1. The average molecular weight is 218 g/mol. The topological polar surface area (TPSA) is 69.9 Å². The van der Waals surface area contributed by atoms with Crippen LogP contribution < -0.4 is 0 Å². The van der Waals surface area contributed by atoms with Crippen LogP contribution in [0.1, 0.15) is 16.1 Å². The lowest BCUT2D eigenvalue weighted by atomic mass is 10.2. The quantitative estimate of drug-likeness (QED) is 0.696. The van der Waals surface area contributed by atoms with Gasteiger partial charge in [0.2, 0.25) is 0 Å². The number of aryl methyl sites for hydroxylation is 1. The molecular weight excluding hydrogens is 208 g/mol. The lowest BCUT2D eigenvalue weighted by molar-refractivity contribution is 0.0599. The Labute approximate surface area is 91.9 Å². The molecule has 6 heteroatoms. The van der Waals surface area contributed by atoms with Gasteiger partial charge in [0.1, 0.15) is 12.7 Å². The van der Waals surface area contributed by atoms with Gasteiger partial charge in [-0.15, -0.1) is 0 Å². The molecule has 0 spiro atoms. The van der Waals surface area contributed by atoms with Gasteiger partial charge in [0.15, 0.2) is 5.82 Å². The fourth-order valence-electron chi connectivity index (χ4n) is 1.33. The average Bonchev–Trinajstić information content (AvgIpc) is 2.81. The van der Waals surface area contributed by atoms with E-state index in [-0.39, 0.29) is 0 Å². The van der Waals surface area contributed by atoms with Gasteiger partial charge >= 0.3 is 5.97 Å². The minimum atomic E-state index is -0.393.